The van der Waals surface area contributed by atoms with Crippen LogP contribution in [-0.4, -0.2) is 33.6 Å². The predicted octanol–water partition coefficient (Wildman–Crippen LogP) is 5.84. The third-order valence-corrected chi connectivity index (χ3v) is 5.69. The Hall–Kier alpha value is -4.18. The molecule has 5 rings (SSSR count). The van der Waals surface area contributed by atoms with Gasteiger partial charge in [-0.05, 0) is 56.2 Å². The van der Waals surface area contributed by atoms with Crippen LogP contribution < -0.4 is 4.90 Å². The summed E-state index contributed by atoms with van der Waals surface area (Å²) in [5.74, 6) is 5.98. The molecule has 0 radical (unpaired) electrons. The highest BCUT2D eigenvalue weighted by atomic mass is 19.1. The third kappa shape index (κ3) is 6.28. The Bertz CT molecular complexity index is 1380. The van der Waals surface area contributed by atoms with Crippen molar-refractivity contribution >= 4 is 11.8 Å². The van der Waals surface area contributed by atoms with Crippen molar-refractivity contribution in [1.29, 1.82) is 0 Å². The smallest absolute Gasteiger partial charge is 0.297 e. The molecule has 0 saturated carbocycles. The highest BCUT2D eigenvalue weighted by Gasteiger charge is 2.14. The number of hydrogen-bond acceptors (Lipinski definition) is 5. The molecular formula is C29H29FN4O2. The van der Waals surface area contributed by atoms with E-state index in [1.54, 1.807) is 30.0 Å². The lowest BCUT2D eigenvalue weighted by Gasteiger charge is -2.16. The summed E-state index contributed by atoms with van der Waals surface area (Å²) < 4.78 is 20.5. The number of carbonyl (C=O) groups is 1. The van der Waals surface area contributed by atoms with E-state index in [-0.39, 0.29) is 18.1 Å². The summed E-state index contributed by atoms with van der Waals surface area (Å²) in [6.45, 7) is 7.26. The van der Waals surface area contributed by atoms with Gasteiger partial charge in [0.2, 0.25) is 0 Å². The Balaban J connectivity index is 0.000000197. The van der Waals surface area contributed by atoms with Gasteiger partial charge in [-0.3, -0.25) is 9.48 Å². The molecule has 1 aliphatic heterocycles. The van der Waals surface area contributed by atoms with Gasteiger partial charge < -0.3 is 9.32 Å². The van der Waals surface area contributed by atoms with E-state index < -0.39 is 0 Å². The van der Waals surface area contributed by atoms with Crippen molar-refractivity contribution in [2.75, 3.05) is 18.0 Å². The largest absolute Gasteiger partial charge is 0.432 e. The van der Waals surface area contributed by atoms with Gasteiger partial charge in [0.15, 0.2) is 5.78 Å². The van der Waals surface area contributed by atoms with Gasteiger partial charge in [0.05, 0.1) is 23.6 Å². The number of aryl methyl sites for hydroxylation is 2. The van der Waals surface area contributed by atoms with Crippen LogP contribution in [0.1, 0.15) is 31.0 Å². The molecule has 36 heavy (non-hydrogen) atoms. The van der Waals surface area contributed by atoms with E-state index in [2.05, 4.69) is 26.8 Å². The van der Waals surface area contributed by atoms with Crippen LogP contribution in [0.2, 0.25) is 0 Å². The summed E-state index contributed by atoms with van der Waals surface area (Å²) in [6, 6.07) is 17.4. The lowest BCUT2D eigenvalue weighted by atomic mass is 10.1. The minimum atomic E-state index is -0.236. The molecule has 0 amide bonds. The van der Waals surface area contributed by atoms with Crippen molar-refractivity contribution in [2.45, 2.75) is 40.2 Å². The zero-order chi connectivity index (χ0) is 25.5. The number of Topliss-reactive ketones (excluding diaryl/α,β-unsaturated/α-hetero) is 1. The zero-order valence-electron chi connectivity index (χ0n) is 20.8. The van der Waals surface area contributed by atoms with Gasteiger partial charge in [-0.2, -0.15) is 10.1 Å². The van der Waals surface area contributed by atoms with Crippen molar-refractivity contribution in [3.05, 3.63) is 77.9 Å². The van der Waals surface area contributed by atoms with Crippen molar-refractivity contribution in [3.63, 3.8) is 0 Å². The molecule has 2 aromatic carbocycles. The molecule has 7 heteroatoms. The number of benzene rings is 2. The SMILES string of the molecule is CC(=O)Cn1nc(-c2ccc(F)c(C)c2)cc1-c1ccccc1.Cc1coc(N2CCC#CCC2)n1. The fourth-order valence-corrected chi connectivity index (χ4v) is 3.88. The van der Waals surface area contributed by atoms with E-state index in [1.165, 1.54) is 13.0 Å². The molecular weight excluding hydrogens is 455 g/mol. The molecule has 4 aromatic rings. The number of hydrogen-bond donors (Lipinski definition) is 0. The molecule has 184 valence electrons. The van der Waals surface area contributed by atoms with E-state index in [0.29, 0.717) is 5.56 Å². The maximum absolute atomic E-state index is 13.5. The first-order valence-electron chi connectivity index (χ1n) is 11.9. The maximum Gasteiger partial charge on any atom is 0.297 e. The number of ketones is 1. The molecule has 6 nitrogen and oxygen atoms in total. The molecule has 0 atom stereocenters. The average Bonchev–Trinajstić information content (AvgIpc) is 3.38. The zero-order valence-corrected chi connectivity index (χ0v) is 20.8. The molecule has 3 heterocycles. The molecule has 0 saturated heterocycles. The van der Waals surface area contributed by atoms with E-state index in [4.69, 9.17) is 4.42 Å². The number of rotatable bonds is 5. The average molecular weight is 485 g/mol. The maximum atomic E-state index is 13.5. The second-order valence-corrected chi connectivity index (χ2v) is 8.72. The van der Waals surface area contributed by atoms with Gasteiger partial charge in [0.25, 0.3) is 6.01 Å². The summed E-state index contributed by atoms with van der Waals surface area (Å²) in [4.78, 5) is 17.9. The molecule has 0 spiro atoms. The molecule has 0 N–H and O–H groups in total. The van der Waals surface area contributed by atoms with E-state index >= 15 is 0 Å². The number of carbonyl (C=O) groups excluding carboxylic acids is 1. The topological polar surface area (TPSA) is 64.2 Å². The molecule has 0 aliphatic carbocycles. The van der Waals surface area contributed by atoms with Gasteiger partial charge in [0.1, 0.15) is 12.1 Å². The fourth-order valence-electron chi connectivity index (χ4n) is 3.88. The van der Waals surface area contributed by atoms with Crippen LogP contribution in [0, 0.1) is 31.5 Å². The van der Waals surface area contributed by atoms with Gasteiger partial charge >= 0.3 is 0 Å². The lowest BCUT2D eigenvalue weighted by molar-refractivity contribution is -0.117. The number of oxazole rings is 1. The number of nitrogens with zero attached hydrogens (tertiary/aromatic N) is 4. The van der Waals surface area contributed by atoms with E-state index in [0.717, 1.165) is 60.2 Å². The summed E-state index contributed by atoms with van der Waals surface area (Å²) in [5.41, 5.74) is 4.94. The van der Waals surface area contributed by atoms with Gasteiger partial charge in [-0.15, -0.1) is 11.8 Å². The lowest BCUT2D eigenvalue weighted by Crippen LogP contribution is -2.24. The Morgan fingerprint density at radius 3 is 2.36 bits per heavy atom. The Kier molecular flexibility index (Phi) is 7.96. The number of halogens is 1. The van der Waals surface area contributed by atoms with Crippen molar-refractivity contribution in [2.24, 2.45) is 0 Å². The summed E-state index contributed by atoms with van der Waals surface area (Å²) in [7, 11) is 0. The third-order valence-electron chi connectivity index (χ3n) is 5.69. The normalized spacial score (nSPS) is 12.7. The van der Waals surface area contributed by atoms with Gasteiger partial charge in [-0.1, -0.05) is 30.3 Å². The first-order valence-corrected chi connectivity index (χ1v) is 11.9. The Morgan fingerprint density at radius 2 is 1.75 bits per heavy atom. The van der Waals surface area contributed by atoms with Crippen LogP contribution in [0.3, 0.4) is 0 Å². The Labute approximate surface area is 210 Å². The van der Waals surface area contributed by atoms with Crippen LogP contribution >= 0.6 is 0 Å². The molecule has 0 unspecified atom stereocenters. The van der Waals surface area contributed by atoms with Crippen molar-refractivity contribution in [3.8, 4) is 34.4 Å². The predicted molar refractivity (Wildman–Crippen MR) is 139 cm³/mol. The second-order valence-electron chi connectivity index (χ2n) is 8.72. The first-order chi connectivity index (χ1) is 17.4. The number of aromatic nitrogens is 3. The molecule has 1 aliphatic rings. The van der Waals surface area contributed by atoms with Crippen LogP contribution in [0.15, 0.2) is 65.3 Å². The summed E-state index contributed by atoms with van der Waals surface area (Å²) in [5, 5.41) is 4.54. The molecule has 0 fully saturated rings. The standard InChI is InChI=1S/C19H17FN2O.C10H12N2O/c1-13-10-16(8-9-17(13)20)18-11-19(15-6-4-3-5-7-15)22(21-18)12-14(2)23;1-9-8-13-10(11-9)12-6-4-2-3-5-7-12/h3-11H,12H2,1-2H3;8H,4-7H2,1H3. The number of anilines is 1. The summed E-state index contributed by atoms with van der Waals surface area (Å²) >= 11 is 0. The second kappa shape index (κ2) is 11.5. The molecule has 2 aromatic heterocycles. The molecule has 0 bridgehead atoms. The monoisotopic (exact) mass is 484 g/mol. The quantitative estimate of drug-likeness (QED) is 0.333. The van der Waals surface area contributed by atoms with Crippen LogP contribution in [0.25, 0.3) is 22.5 Å². The minimum Gasteiger partial charge on any atom is -0.432 e. The van der Waals surface area contributed by atoms with Crippen molar-refractivity contribution < 1.29 is 13.6 Å². The van der Waals surface area contributed by atoms with Crippen LogP contribution in [-0.2, 0) is 11.3 Å². The Morgan fingerprint density at radius 1 is 1.03 bits per heavy atom. The van der Waals surface area contributed by atoms with Gasteiger partial charge in [0, 0.05) is 31.5 Å². The van der Waals surface area contributed by atoms with Crippen LogP contribution in [0.4, 0.5) is 10.4 Å². The fraction of sp³-hybridized carbons (Fsp3) is 0.276. The minimum absolute atomic E-state index is 0.0344. The highest BCUT2D eigenvalue weighted by Crippen LogP contribution is 2.27. The summed E-state index contributed by atoms with van der Waals surface area (Å²) in [6.07, 6.45) is 3.49. The first kappa shape index (κ1) is 24.9. The van der Waals surface area contributed by atoms with E-state index in [1.807, 2.05) is 43.3 Å². The van der Waals surface area contributed by atoms with Crippen LogP contribution in [0.5, 0.6) is 0 Å². The highest BCUT2D eigenvalue weighted by molar-refractivity contribution is 5.77. The van der Waals surface area contributed by atoms with Crippen molar-refractivity contribution in [1.82, 2.24) is 14.8 Å². The van der Waals surface area contributed by atoms with Gasteiger partial charge in [-0.25, -0.2) is 4.39 Å². The van der Waals surface area contributed by atoms with E-state index in [9.17, 15) is 9.18 Å².